The lowest BCUT2D eigenvalue weighted by Gasteiger charge is -2.35. The highest BCUT2D eigenvalue weighted by Gasteiger charge is 2.23. The molecule has 0 radical (unpaired) electrons. The van der Waals surface area contributed by atoms with Crippen LogP contribution in [0.3, 0.4) is 0 Å². The van der Waals surface area contributed by atoms with Crippen molar-refractivity contribution in [1.29, 1.82) is 0 Å². The number of pyridine rings is 1. The van der Waals surface area contributed by atoms with E-state index in [1.54, 1.807) is 12.3 Å². The average molecular weight is 374 g/mol. The van der Waals surface area contributed by atoms with E-state index in [0.717, 1.165) is 37.6 Å². The highest BCUT2D eigenvalue weighted by atomic mass is 16.5. The molecule has 1 amide bonds. The molecule has 1 aliphatic heterocycles. The van der Waals surface area contributed by atoms with Crippen molar-refractivity contribution in [3.63, 3.8) is 0 Å². The van der Waals surface area contributed by atoms with Crippen molar-refractivity contribution in [3.8, 4) is 5.75 Å². The first-order valence-electron chi connectivity index (χ1n) is 10.7. The van der Waals surface area contributed by atoms with Crippen LogP contribution in [0, 0.1) is 11.8 Å². The molecule has 1 saturated heterocycles. The van der Waals surface area contributed by atoms with Crippen LogP contribution in [0.4, 0.5) is 0 Å². The lowest BCUT2D eigenvalue weighted by atomic mass is 9.89. The topological polar surface area (TPSA) is 54.5 Å². The SMILES string of the molecule is CC1CCC(Oc2ccnc(C(=O)NC[C@H]3CCCN(C(C)C)C3)c2)CC1. The van der Waals surface area contributed by atoms with E-state index in [0.29, 0.717) is 17.7 Å². The predicted octanol–water partition coefficient (Wildman–Crippen LogP) is 3.89. The molecule has 1 aliphatic carbocycles. The molecule has 0 aromatic carbocycles. The van der Waals surface area contributed by atoms with Crippen molar-refractivity contribution in [1.82, 2.24) is 15.2 Å². The van der Waals surface area contributed by atoms with Crippen molar-refractivity contribution in [3.05, 3.63) is 24.0 Å². The van der Waals surface area contributed by atoms with Gasteiger partial charge in [-0.05, 0) is 76.8 Å². The molecule has 0 bridgehead atoms. The van der Waals surface area contributed by atoms with Gasteiger partial charge in [-0.15, -0.1) is 0 Å². The normalized spacial score (nSPS) is 26.7. The minimum atomic E-state index is -0.0978. The van der Waals surface area contributed by atoms with Gasteiger partial charge in [-0.25, -0.2) is 0 Å². The van der Waals surface area contributed by atoms with Gasteiger partial charge >= 0.3 is 0 Å². The Morgan fingerprint density at radius 2 is 2.07 bits per heavy atom. The van der Waals surface area contributed by atoms with Crippen LogP contribution in [0.5, 0.6) is 5.75 Å². The van der Waals surface area contributed by atoms with E-state index in [1.165, 1.54) is 32.2 Å². The van der Waals surface area contributed by atoms with Crippen LogP contribution in [0.25, 0.3) is 0 Å². The summed E-state index contributed by atoms with van der Waals surface area (Å²) in [5.74, 6) is 1.99. The third-order valence-corrected chi connectivity index (χ3v) is 6.06. The largest absolute Gasteiger partial charge is 0.490 e. The zero-order valence-corrected chi connectivity index (χ0v) is 17.1. The van der Waals surface area contributed by atoms with Gasteiger partial charge in [0, 0.05) is 31.4 Å². The van der Waals surface area contributed by atoms with E-state index >= 15 is 0 Å². The van der Waals surface area contributed by atoms with Crippen molar-refractivity contribution < 1.29 is 9.53 Å². The van der Waals surface area contributed by atoms with Crippen LogP contribution in [0.15, 0.2) is 18.3 Å². The van der Waals surface area contributed by atoms with E-state index in [1.807, 2.05) is 6.07 Å². The average Bonchev–Trinajstić information content (AvgIpc) is 2.68. The molecular weight excluding hydrogens is 338 g/mol. The molecule has 5 nitrogen and oxygen atoms in total. The van der Waals surface area contributed by atoms with E-state index in [9.17, 15) is 4.79 Å². The standard InChI is InChI=1S/C22H35N3O2/c1-16(2)25-12-4-5-18(15-25)14-24-22(26)21-13-20(10-11-23-21)27-19-8-6-17(3)7-9-19/h10-11,13,16-19H,4-9,12,14-15H2,1-3H3,(H,24,26)/t17?,18-,19?/m1/s1. The number of nitrogens with one attached hydrogen (secondary N) is 1. The van der Waals surface area contributed by atoms with Crippen LogP contribution in [-0.2, 0) is 0 Å². The zero-order valence-electron chi connectivity index (χ0n) is 17.1. The van der Waals surface area contributed by atoms with Crippen LogP contribution in [0.2, 0.25) is 0 Å². The smallest absolute Gasteiger partial charge is 0.270 e. The van der Waals surface area contributed by atoms with Gasteiger partial charge < -0.3 is 15.0 Å². The van der Waals surface area contributed by atoms with Crippen molar-refractivity contribution in [2.75, 3.05) is 19.6 Å². The number of likely N-dealkylation sites (tertiary alicyclic amines) is 1. The molecule has 5 heteroatoms. The third kappa shape index (κ3) is 5.93. The van der Waals surface area contributed by atoms with Gasteiger partial charge in [-0.1, -0.05) is 6.92 Å². The Bertz CT molecular complexity index is 611. The maximum absolute atomic E-state index is 12.5. The number of hydrogen-bond acceptors (Lipinski definition) is 4. The van der Waals surface area contributed by atoms with Gasteiger partial charge in [-0.2, -0.15) is 0 Å². The van der Waals surface area contributed by atoms with Crippen LogP contribution < -0.4 is 10.1 Å². The number of nitrogens with zero attached hydrogens (tertiary/aromatic N) is 2. The Labute approximate surface area is 163 Å². The number of carbonyl (C=O) groups is 1. The minimum absolute atomic E-state index is 0.0978. The summed E-state index contributed by atoms with van der Waals surface area (Å²) < 4.78 is 6.10. The molecule has 150 valence electrons. The van der Waals surface area contributed by atoms with Crippen LogP contribution >= 0.6 is 0 Å². The molecule has 3 rings (SSSR count). The molecular formula is C22H35N3O2. The number of hydrogen-bond donors (Lipinski definition) is 1. The van der Waals surface area contributed by atoms with Crippen molar-refractivity contribution in [2.24, 2.45) is 11.8 Å². The second-order valence-corrected chi connectivity index (χ2v) is 8.68. The molecule has 1 aromatic rings. The van der Waals surface area contributed by atoms with Crippen molar-refractivity contribution >= 4 is 5.91 Å². The molecule has 1 atom stereocenters. The maximum Gasteiger partial charge on any atom is 0.270 e. The fraction of sp³-hybridized carbons (Fsp3) is 0.727. The Hall–Kier alpha value is -1.62. The molecule has 2 heterocycles. The highest BCUT2D eigenvalue weighted by Crippen LogP contribution is 2.27. The number of piperidine rings is 1. The predicted molar refractivity (Wildman–Crippen MR) is 108 cm³/mol. The lowest BCUT2D eigenvalue weighted by Crippen LogP contribution is -2.43. The van der Waals surface area contributed by atoms with Gasteiger partial charge in [-0.3, -0.25) is 9.78 Å². The Morgan fingerprint density at radius 1 is 1.30 bits per heavy atom. The highest BCUT2D eigenvalue weighted by molar-refractivity contribution is 5.92. The van der Waals surface area contributed by atoms with Gasteiger partial charge in [0.2, 0.25) is 0 Å². The van der Waals surface area contributed by atoms with Gasteiger partial charge in [0.1, 0.15) is 11.4 Å². The third-order valence-electron chi connectivity index (χ3n) is 6.06. The fourth-order valence-electron chi connectivity index (χ4n) is 4.21. The van der Waals surface area contributed by atoms with Gasteiger partial charge in [0.25, 0.3) is 5.91 Å². The number of ether oxygens (including phenoxy) is 1. The van der Waals surface area contributed by atoms with E-state index in [4.69, 9.17) is 4.74 Å². The molecule has 2 fully saturated rings. The summed E-state index contributed by atoms with van der Waals surface area (Å²) in [7, 11) is 0. The quantitative estimate of drug-likeness (QED) is 0.822. The van der Waals surface area contributed by atoms with Crippen molar-refractivity contribution in [2.45, 2.75) is 71.4 Å². The minimum Gasteiger partial charge on any atom is -0.490 e. The Morgan fingerprint density at radius 3 is 2.81 bits per heavy atom. The summed E-state index contributed by atoms with van der Waals surface area (Å²) >= 11 is 0. The van der Waals surface area contributed by atoms with Gasteiger partial charge in [0.15, 0.2) is 0 Å². The zero-order chi connectivity index (χ0) is 19.2. The summed E-state index contributed by atoms with van der Waals surface area (Å²) in [6.45, 7) is 9.73. The number of amides is 1. The molecule has 27 heavy (non-hydrogen) atoms. The first kappa shape index (κ1) is 20.1. The molecule has 2 aliphatic rings. The van der Waals surface area contributed by atoms with Gasteiger partial charge in [0.05, 0.1) is 6.10 Å². The Kier molecular flexibility index (Phi) is 7.11. The molecule has 1 N–H and O–H groups in total. The second kappa shape index (κ2) is 9.54. The summed E-state index contributed by atoms with van der Waals surface area (Å²) in [5.41, 5.74) is 0.452. The summed E-state index contributed by atoms with van der Waals surface area (Å²) in [5, 5.41) is 3.08. The number of rotatable bonds is 6. The summed E-state index contributed by atoms with van der Waals surface area (Å²) in [6, 6.07) is 4.22. The van der Waals surface area contributed by atoms with E-state index in [2.05, 4.69) is 36.0 Å². The molecule has 0 spiro atoms. The molecule has 1 aromatic heterocycles. The maximum atomic E-state index is 12.5. The number of aromatic nitrogens is 1. The Balaban J connectivity index is 1.49. The van der Waals surface area contributed by atoms with E-state index in [-0.39, 0.29) is 12.0 Å². The summed E-state index contributed by atoms with van der Waals surface area (Å²) in [4.78, 5) is 19.3. The number of carbonyl (C=O) groups excluding carboxylic acids is 1. The monoisotopic (exact) mass is 373 g/mol. The second-order valence-electron chi connectivity index (χ2n) is 8.68. The molecule has 1 saturated carbocycles. The fourth-order valence-corrected chi connectivity index (χ4v) is 4.21. The first-order chi connectivity index (χ1) is 13.0. The first-order valence-corrected chi connectivity index (χ1v) is 10.7. The molecule has 0 unspecified atom stereocenters. The van der Waals surface area contributed by atoms with E-state index < -0.39 is 0 Å². The summed E-state index contributed by atoms with van der Waals surface area (Å²) in [6.07, 6.45) is 8.97. The van der Waals surface area contributed by atoms with Crippen LogP contribution in [0.1, 0.15) is 69.8 Å². The lowest BCUT2D eigenvalue weighted by molar-refractivity contribution is 0.0916. The van der Waals surface area contributed by atoms with Crippen LogP contribution in [-0.4, -0.2) is 47.6 Å².